The summed E-state index contributed by atoms with van der Waals surface area (Å²) in [4.78, 5) is 2.67. The van der Waals surface area contributed by atoms with Crippen LogP contribution in [0.2, 0.25) is 0 Å². The van der Waals surface area contributed by atoms with E-state index in [4.69, 9.17) is 0 Å². The number of hydrogen-bond donors (Lipinski definition) is 1. The van der Waals surface area contributed by atoms with Gasteiger partial charge in [-0.15, -0.1) is 0 Å². The van der Waals surface area contributed by atoms with Crippen LogP contribution in [-0.4, -0.2) is 30.1 Å². The lowest BCUT2D eigenvalue weighted by Gasteiger charge is -2.37. The Morgan fingerprint density at radius 2 is 2.00 bits per heavy atom. The molecule has 0 aromatic heterocycles. The third kappa shape index (κ3) is 3.10. The van der Waals surface area contributed by atoms with Crippen molar-refractivity contribution in [1.82, 2.24) is 10.2 Å². The van der Waals surface area contributed by atoms with Gasteiger partial charge in [-0.2, -0.15) is 0 Å². The standard InChI is InChI=1S/C17H25BrN2/c1-13(14-4-8-16(18)9-5-14)20-11-3-10-19-17(2,12-20)15-6-7-15/h4-5,8-9,13,15,19H,3,6-7,10-12H2,1-2H3. The summed E-state index contributed by atoms with van der Waals surface area (Å²) in [6.07, 6.45) is 4.07. The molecular weight excluding hydrogens is 312 g/mol. The molecule has 2 aliphatic rings. The van der Waals surface area contributed by atoms with Crippen molar-refractivity contribution in [3.8, 4) is 0 Å². The number of rotatable bonds is 3. The van der Waals surface area contributed by atoms with E-state index in [1.165, 1.54) is 37.9 Å². The van der Waals surface area contributed by atoms with E-state index in [1.54, 1.807) is 0 Å². The zero-order valence-electron chi connectivity index (χ0n) is 12.5. The fourth-order valence-electron chi connectivity index (χ4n) is 3.49. The van der Waals surface area contributed by atoms with Crippen molar-refractivity contribution in [3.63, 3.8) is 0 Å². The van der Waals surface area contributed by atoms with Crippen molar-refractivity contribution < 1.29 is 0 Å². The summed E-state index contributed by atoms with van der Waals surface area (Å²) in [6, 6.07) is 9.31. The first-order chi connectivity index (χ1) is 9.58. The molecule has 0 spiro atoms. The molecule has 1 aromatic carbocycles. The molecule has 1 N–H and O–H groups in total. The van der Waals surface area contributed by atoms with E-state index < -0.39 is 0 Å². The molecule has 110 valence electrons. The van der Waals surface area contributed by atoms with Crippen LogP contribution in [0.15, 0.2) is 28.7 Å². The summed E-state index contributed by atoms with van der Waals surface area (Å²) < 4.78 is 1.16. The molecule has 1 aliphatic carbocycles. The van der Waals surface area contributed by atoms with Gasteiger partial charge in [0.1, 0.15) is 0 Å². The molecule has 2 nitrogen and oxygen atoms in total. The van der Waals surface area contributed by atoms with E-state index in [2.05, 4.69) is 64.3 Å². The minimum Gasteiger partial charge on any atom is -0.310 e. The predicted molar refractivity (Wildman–Crippen MR) is 87.9 cm³/mol. The Balaban J connectivity index is 1.75. The van der Waals surface area contributed by atoms with Crippen LogP contribution in [0.5, 0.6) is 0 Å². The number of benzene rings is 1. The number of halogens is 1. The van der Waals surface area contributed by atoms with Crippen LogP contribution in [0.4, 0.5) is 0 Å². The van der Waals surface area contributed by atoms with Crippen LogP contribution in [0.1, 0.15) is 44.7 Å². The molecule has 0 bridgehead atoms. The fraction of sp³-hybridized carbons (Fsp3) is 0.647. The van der Waals surface area contributed by atoms with Crippen LogP contribution in [0, 0.1) is 5.92 Å². The molecule has 2 unspecified atom stereocenters. The average molecular weight is 337 g/mol. The largest absolute Gasteiger partial charge is 0.310 e. The van der Waals surface area contributed by atoms with E-state index in [1.807, 2.05) is 0 Å². The third-order valence-electron chi connectivity index (χ3n) is 5.06. The fourth-order valence-corrected chi connectivity index (χ4v) is 3.75. The molecule has 0 amide bonds. The molecule has 3 heteroatoms. The normalized spacial score (nSPS) is 29.9. The van der Waals surface area contributed by atoms with Gasteiger partial charge in [-0.05, 0) is 63.3 Å². The van der Waals surface area contributed by atoms with Crippen LogP contribution >= 0.6 is 15.9 Å². The Hall–Kier alpha value is -0.380. The van der Waals surface area contributed by atoms with Gasteiger partial charge in [0, 0.05) is 29.1 Å². The molecule has 0 radical (unpaired) electrons. The lowest BCUT2D eigenvalue weighted by atomic mass is 9.94. The second kappa shape index (κ2) is 5.78. The summed E-state index contributed by atoms with van der Waals surface area (Å²) in [5.74, 6) is 0.889. The molecule has 1 aromatic rings. The van der Waals surface area contributed by atoms with Crippen LogP contribution in [0.3, 0.4) is 0 Å². The van der Waals surface area contributed by atoms with Crippen molar-refractivity contribution in [2.24, 2.45) is 5.92 Å². The molecular formula is C17H25BrN2. The van der Waals surface area contributed by atoms with Gasteiger partial charge in [0.05, 0.1) is 0 Å². The summed E-state index contributed by atoms with van der Waals surface area (Å²) in [7, 11) is 0. The van der Waals surface area contributed by atoms with E-state index >= 15 is 0 Å². The smallest absolute Gasteiger partial charge is 0.0320 e. The second-order valence-corrected chi connectivity index (χ2v) is 7.59. The van der Waals surface area contributed by atoms with Crippen molar-refractivity contribution in [1.29, 1.82) is 0 Å². The van der Waals surface area contributed by atoms with Crippen molar-refractivity contribution >= 4 is 15.9 Å². The topological polar surface area (TPSA) is 15.3 Å². The Bertz CT molecular complexity index is 455. The number of nitrogens with zero attached hydrogens (tertiary/aromatic N) is 1. The van der Waals surface area contributed by atoms with Crippen molar-refractivity contribution in [3.05, 3.63) is 34.3 Å². The highest BCUT2D eigenvalue weighted by Crippen LogP contribution is 2.41. The molecule has 1 saturated carbocycles. The summed E-state index contributed by atoms with van der Waals surface area (Å²) in [6.45, 7) is 8.32. The van der Waals surface area contributed by atoms with Crippen LogP contribution in [-0.2, 0) is 0 Å². The van der Waals surface area contributed by atoms with Crippen molar-refractivity contribution in [2.75, 3.05) is 19.6 Å². The molecule has 1 heterocycles. The summed E-state index contributed by atoms with van der Waals surface area (Å²) in [5.41, 5.74) is 1.74. The molecule has 20 heavy (non-hydrogen) atoms. The highest BCUT2D eigenvalue weighted by Gasteiger charge is 2.43. The molecule has 3 rings (SSSR count). The van der Waals surface area contributed by atoms with Gasteiger partial charge in [-0.1, -0.05) is 28.1 Å². The maximum Gasteiger partial charge on any atom is 0.0320 e. The quantitative estimate of drug-likeness (QED) is 0.898. The van der Waals surface area contributed by atoms with E-state index in [-0.39, 0.29) is 0 Å². The third-order valence-corrected chi connectivity index (χ3v) is 5.59. The van der Waals surface area contributed by atoms with Gasteiger partial charge in [0.15, 0.2) is 0 Å². The predicted octanol–water partition coefficient (Wildman–Crippen LogP) is 3.97. The summed E-state index contributed by atoms with van der Waals surface area (Å²) in [5, 5.41) is 3.82. The SMILES string of the molecule is CC(c1ccc(Br)cc1)N1CCCNC(C)(C2CC2)C1. The van der Waals surface area contributed by atoms with E-state index in [0.717, 1.165) is 16.9 Å². The van der Waals surface area contributed by atoms with Crippen LogP contribution in [0.25, 0.3) is 0 Å². The Morgan fingerprint density at radius 1 is 1.30 bits per heavy atom. The van der Waals surface area contributed by atoms with Gasteiger partial charge in [0.25, 0.3) is 0 Å². The first kappa shape index (κ1) is 14.6. The van der Waals surface area contributed by atoms with Gasteiger partial charge in [-0.3, -0.25) is 4.90 Å². The monoisotopic (exact) mass is 336 g/mol. The molecule has 1 aliphatic heterocycles. The van der Waals surface area contributed by atoms with Gasteiger partial charge in [0.2, 0.25) is 0 Å². The van der Waals surface area contributed by atoms with E-state index in [0.29, 0.717) is 11.6 Å². The lowest BCUT2D eigenvalue weighted by Crippen LogP contribution is -2.51. The van der Waals surface area contributed by atoms with Gasteiger partial charge >= 0.3 is 0 Å². The van der Waals surface area contributed by atoms with Crippen molar-refractivity contribution in [2.45, 2.75) is 44.7 Å². The first-order valence-electron chi connectivity index (χ1n) is 7.83. The lowest BCUT2D eigenvalue weighted by molar-refractivity contribution is 0.159. The Kier molecular flexibility index (Phi) is 4.21. The highest BCUT2D eigenvalue weighted by molar-refractivity contribution is 9.10. The molecule has 1 saturated heterocycles. The van der Waals surface area contributed by atoms with Gasteiger partial charge < -0.3 is 5.32 Å². The molecule has 2 atom stereocenters. The highest BCUT2D eigenvalue weighted by atomic mass is 79.9. The minimum absolute atomic E-state index is 0.320. The number of hydrogen-bond acceptors (Lipinski definition) is 2. The van der Waals surface area contributed by atoms with Crippen LogP contribution < -0.4 is 5.32 Å². The zero-order valence-corrected chi connectivity index (χ0v) is 14.1. The first-order valence-corrected chi connectivity index (χ1v) is 8.62. The maximum atomic E-state index is 3.82. The zero-order chi connectivity index (χ0) is 14.2. The average Bonchev–Trinajstić information content (AvgIpc) is 3.26. The Morgan fingerprint density at radius 3 is 2.65 bits per heavy atom. The minimum atomic E-state index is 0.320. The Labute approximate surface area is 131 Å². The summed E-state index contributed by atoms with van der Waals surface area (Å²) >= 11 is 3.52. The maximum absolute atomic E-state index is 3.82. The second-order valence-electron chi connectivity index (χ2n) is 6.67. The van der Waals surface area contributed by atoms with E-state index in [9.17, 15) is 0 Å². The molecule has 2 fully saturated rings. The number of nitrogens with one attached hydrogen (secondary N) is 1. The van der Waals surface area contributed by atoms with Gasteiger partial charge in [-0.25, -0.2) is 0 Å².